The van der Waals surface area contributed by atoms with Crippen LogP contribution < -0.4 is 4.74 Å². The molecule has 0 unspecified atom stereocenters. The number of likely N-dealkylation sites (tertiary alicyclic amines) is 1. The van der Waals surface area contributed by atoms with Crippen molar-refractivity contribution in [3.8, 4) is 5.75 Å². The van der Waals surface area contributed by atoms with Crippen molar-refractivity contribution >= 4 is 17.2 Å². The highest BCUT2D eigenvalue weighted by Gasteiger charge is 2.45. The lowest BCUT2D eigenvalue weighted by molar-refractivity contribution is 0.0765. The first-order valence-electron chi connectivity index (χ1n) is 7.81. The number of benzene rings is 1. The lowest BCUT2D eigenvalue weighted by Crippen LogP contribution is -2.32. The number of hydrogen-bond donors (Lipinski definition) is 0. The molecule has 2 heterocycles. The summed E-state index contributed by atoms with van der Waals surface area (Å²) >= 11 is 1.37. The second-order valence-electron chi connectivity index (χ2n) is 6.16. The Balaban J connectivity index is 1.45. The van der Waals surface area contributed by atoms with Crippen molar-refractivity contribution in [3.05, 3.63) is 46.7 Å². The fraction of sp³-hybridized carbons (Fsp3) is 0.412. The third-order valence-corrected chi connectivity index (χ3v) is 5.60. The first kappa shape index (κ1) is 14.6. The van der Waals surface area contributed by atoms with Crippen LogP contribution in [0.5, 0.6) is 5.75 Å². The second kappa shape index (κ2) is 5.92. The molecule has 1 aliphatic heterocycles. The first-order valence-corrected chi connectivity index (χ1v) is 8.69. The number of aromatic nitrogens is 1. The minimum Gasteiger partial charge on any atom is -0.487 e. The van der Waals surface area contributed by atoms with E-state index in [0.29, 0.717) is 23.1 Å². The largest absolute Gasteiger partial charge is 0.487 e. The monoisotopic (exact) mass is 332 g/mol. The summed E-state index contributed by atoms with van der Waals surface area (Å²) in [5.74, 6) is 0.763. The van der Waals surface area contributed by atoms with Crippen molar-refractivity contribution in [3.63, 3.8) is 0 Å². The number of nitrogens with zero attached hydrogens (tertiary/aromatic N) is 2. The third-order valence-electron chi connectivity index (χ3n) is 4.84. The van der Waals surface area contributed by atoms with E-state index in [2.05, 4.69) is 4.98 Å². The molecule has 6 heteroatoms. The number of fused-ring (bicyclic) bond motifs is 1. The van der Waals surface area contributed by atoms with E-state index in [1.165, 1.54) is 17.4 Å². The number of halogens is 1. The molecule has 1 amide bonds. The van der Waals surface area contributed by atoms with Crippen molar-refractivity contribution in [2.45, 2.75) is 18.9 Å². The van der Waals surface area contributed by atoms with Gasteiger partial charge in [-0.1, -0.05) is 12.1 Å². The number of ether oxygens (including phenoxy) is 1. The van der Waals surface area contributed by atoms with Gasteiger partial charge < -0.3 is 9.64 Å². The van der Waals surface area contributed by atoms with Gasteiger partial charge in [-0.15, -0.1) is 11.3 Å². The molecule has 0 bridgehead atoms. The maximum atomic E-state index is 13.8. The van der Waals surface area contributed by atoms with Gasteiger partial charge in [0.25, 0.3) is 5.91 Å². The van der Waals surface area contributed by atoms with Crippen LogP contribution >= 0.6 is 11.3 Å². The molecule has 4 rings (SSSR count). The Morgan fingerprint density at radius 3 is 2.96 bits per heavy atom. The molecule has 3 atom stereocenters. The number of hydrogen-bond acceptors (Lipinski definition) is 4. The second-order valence-corrected chi connectivity index (χ2v) is 7.05. The number of rotatable bonds is 3. The smallest absolute Gasteiger partial charge is 0.265 e. The number of carbonyl (C=O) groups is 1. The van der Waals surface area contributed by atoms with Gasteiger partial charge >= 0.3 is 0 Å². The van der Waals surface area contributed by atoms with Crippen molar-refractivity contribution in [2.24, 2.45) is 11.8 Å². The fourth-order valence-corrected chi connectivity index (χ4v) is 4.30. The Kier molecular flexibility index (Phi) is 3.77. The molecular formula is C17H17FN2O2S. The fourth-order valence-electron chi connectivity index (χ4n) is 3.71. The topological polar surface area (TPSA) is 42.4 Å². The molecular weight excluding hydrogens is 315 g/mol. The summed E-state index contributed by atoms with van der Waals surface area (Å²) in [6.45, 7) is 1.44. The average Bonchev–Trinajstić information content (AvgIpc) is 3.26. The number of para-hydroxylation sites is 1. The number of thiazole rings is 1. The van der Waals surface area contributed by atoms with E-state index in [0.717, 1.165) is 19.4 Å². The Hall–Kier alpha value is -1.95. The average molecular weight is 332 g/mol. The minimum absolute atomic E-state index is 0.0174. The van der Waals surface area contributed by atoms with Crippen molar-refractivity contribution in [2.75, 3.05) is 13.1 Å². The SMILES string of the molecule is O=C(c1cncs1)N1C[C@@H]2CC[C@H](Oc3ccccc3F)[C@@H]2C1. The first-order chi connectivity index (χ1) is 11.2. The minimum atomic E-state index is -0.327. The van der Waals surface area contributed by atoms with Crippen LogP contribution in [0.3, 0.4) is 0 Å². The predicted octanol–water partition coefficient (Wildman–Crippen LogP) is 3.21. The molecule has 0 N–H and O–H groups in total. The van der Waals surface area contributed by atoms with Crippen LogP contribution in [0.15, 0.2) is 36.0 Å². The molecule has 1 saturated heterocycles. The van der Waals surface area contributed by atoms with Gasteiger partial charge in [-0.3, -0.25) is 9.78 Å². The van der Waals surface area contributed by atoms with Gasteiger partial charge in [-0.25, -0.2) is 4.39 Å². The molecule has 0 spiro atoms. The molecule has 1 aromatic heterocycles. The predicted molar refractivity (Wildman–Crippen MR) is 85.0 cm³/mol. The van der Waals surface area contributed by atoms with Crippen LogP contribution in [0, 0.1) is 17.7 Å². The van der Waals surface area contributed by atoms with Gasteiger partial charge in [-0.2, -0.15) is 0 Å². The van der Waals surface area contributed by atoms with E-state index in [1.807, 2.05) is 4.90 Å². The molecule has 4 nitrogen and oxygen atoms in total. The van der Waals surface area contributed by atoms with Crippen LogP contribution in [0.25, 0.3) is 0 Å². The molecule has 2 aromatic rings. The van der Waals surface area contributed by atoms with Crippen molar-refractivity contribution < 1.29 is 13.9 Å². The zero-order chi connectivity index (χ0) is 15.8. The molecule has 1 aromatic carbocycles. The summed E-state index contributed by atoms with van der Waals surface area (Å²) in [7, 11) is 0. The zero-order valence-electron chi connectivity index (χ0n) is 12.5. The lowest BCUT2D eigenvalue weighted by atomic mass is 9.99. The van der Waals surface area contributed by atoms with Gasteiger partial charge in [0.05, 0.1) is 11.7 Å². The molecule has 2 aliphatic rings. The van der Waals surface area contributed by atoms with Crippen molar-refractivity contribution in [1.82, 2.24) is 9.88 Å². The van der Waals surface area contributed by atoms with Gasteiger partial charge in [-0.05, 0) is 30.9 Å². The molecule has 23 heavy (non-hydrogen) atoms. The quantitative estimate of drug-likeness (QED) is 0.867. The standard InChI is InChI=1S/C17H17FN2O2S/c18-13-3-1-2-4-15(13)22-14-6-5-11-8-20(9-12(11)14)17(21)16-7-19-10-23-16/h1-4,7,10-12,14H,5-6,8-9H2/t11-,12+,14-/m0/s1. The van der Waals surface area contributed by atoms with Gasteiger partial charge in [0.2, 0.25) is 0 Å². The molecule has 120 valence electrons. The van der Waals surface area contributed by atoms with Crippen LogP contribution in [-0.4, -0.2) is 35.0 Å². The highest BCUT2D eigenvalue weighted by Crippen LogP contribution is 2.41. The van der Waals surface area contributed by atoms with Gasteiger partial charge in [0, 0.05) is 19.0 Å². The Labute approximate surface area is 137 Å². The van der Waals surface area contributed by atoms with E-state index in [1.54, 1.807) is 29.9 Å². The summed E-state index contributed by atoms with van der Waals surface area (Å²) in [5.41, 5.74) is 1.67. The molecule has 2 fully saturated rings. The van der Waals surface area contributed by atoms with Crippen LogP contribution in [0.1, 0.15) is 22.5 Å². The van der Waals surface area contributed by atoms with Gasteiger partial charge in [0.15, 0.2) is 11.6 Å². The van der Waals surface area contributed by atoms with Crippen LogP contribution in [-0.2, 0) is 0 Å². The Bertz CT molecular complexity index is 706. The summed E-state index contributed by atoms with van der Waals surface area (Å²) in [6.07, 6.45) is 3.55. The Morgan fingerprint density at radius 1 is 1.30 bits per heavy atom. The van der Waals surface area contributed by atoms with E-state index in [-0.39, 0.29) is 23.7 Å². The molecule has 1 aliphatic carbocycles. The zero-order valence-corrected chi connectivity index (χ0v) is 13.3. The van der Waals surface area contributed by atoms with E-state index in [9.17, 15) is 9.18 Å². The van der Waals surface area contributed by atoms with Gasteiger partial charge in [0.1, 0.15) is 11.0 Å². The van der Waals surface area contributed by atoms with E-state index < -0.39 is 0 Å². The van der Waals surface area contributed by atoms with Crippen LogP contribution in [0.4, 0.5) is 4.39 Å². The highest BCUT2D eigenvalue weighted by atomic mass is 32.1. The summed E-state index contributed by atoms with van der Waals surface area (Å²) in [4.78, 5) is 19.0. The highest BCUT2D eigenvalue weighted by molar-refractivity contribution is 7.11. The van der Waals surface area contributed by atoms with Crippen molar-refractivity contribution in [1.29, 1.82) is 0 Å². The maximum absolute atomic E-state index is 13.8. The summed E-state index contributed by atoms with van der Waals surface area (Å²) < 4.78 is 19.7. The molecule has 0 radical (unpaired) electrons. The third kappa shape index (κ3) is 2.72. The molecule has 1 saturated carbocycles. The van der Waals surface area contributed by atoms with Crippen LogP contribution in [0.2, 0.25) is 0 Å². The number of amides is 1. The summed E-state index contributed by atoms with van der Waals surface area (Å²) in [6, 6.07) is 6.51. The lowest BCUT2D eigenvalue weighted by Gasteiger charge is -2.22. The maximum Gasteiger partial charge on any atom is 0.265 e. The van der Waals surface area contributed by atoms with E-state index >= 15 is 0 Å². The normalized spacial score (nSPS) is 26.3. The van der Waals surface area contributed by atoms with E-state index in [4.69, 9.17) is 4.74 Å². The number of carbonyl (C=O) groups excluding carboxylic acids is 1. The summed E-state index contributed by atoms with van der Waals surface area (Å²) in [5, 5.41) is 0. The Morgan fingerprint density at radius 2 is 2.17 bits per heavy atom.